The molecular weight excluding hydrogens is 214 g/mol. The number of rotatable bonds is 6. The highest BCUT2D eigenvalue weighted by Crippen LogP contribution is 2.11. The third kappa shape index (κ3) is 3.39. The number of carbonyl (C=O) groups is 1. The highest BCUT2D eigenvalue weighted by molar-refractivity contribution is 5.75. The number of nitrogens with zero attached hydrogens (tertiary/aromatic N) is 1. The van der Waals surface area contributed by atoms with Crippen LogP contribution in [-0.4, -0.2) is 28.8 Å². The molecule has 2 rings (SSSR count). The Bertz CT molecular complexity index is 504. The van der Waals surface area contributed by atoms with Gasteiger partial charge in [-0.15, -0.1) is 0 Å². The third-order valence-electron chi connectivity index (χ3n) is 2.73. The first-order chi connectivity index (χ1) is 8.25. The average Bonchev–Trinajstić information content (AvgIpc) is 2.75. The van der Waals surface area contributed by atoms with E-state index in [1.807, 2.05) is 6.07 Å². The third-order valence-corrected chi connectivity index (χ3v) is 2.73. The van der Waals surface area contributed by atoms with Crippen molar-refractivity contribution in [1.29, 1.82) is 0 Å². The number of ketones is 1. The summed E-state index contributed by atoms with van der Waals surface area (Å²) in [7, 11) is 0. The standard InChI is InChI=1S/C13H17N3O/c1-10(17)4-6-14-7-5-11-2-3-12-13(8-11)16-9-15-12/h2-3,8-9,14H,4-7H2,1H3,(H,15,16). The first kappa shape index (κ1) is 11.8. The maximum Gasteiger partial charge on any atom is 0.131 e. The summed E-state index contributed by atoms with van der Waals surface area (Å²) in [4.78, 5) is 18.0. The quantitative estimate of drug-likeness (QED) is 0.744. The number of H-pyrrole nitrogens is 1. The number of hydrogen-bond acceptors (Lipinski definition) is 3. The largest absolute Gasteiger partial charge is 0.345 e. The van der Waals surface area contributed by atoms with Crippen molar-refractivity contribution < 1.29 is 4.79 Å². The number of fused-ring (bicyclic) bond motifs is 1. The predicted molar refractivity (Wildman–Crippen MR) is 68.0 cm³/mol. The van der Waals surface area contributed by atoms with Crippen molar-refractivity contribution in [2.45, 2.75) is 19.8 Å². The fourth-order valence-corrected chi connectivity index (χ4v) is 1.76. The van der Waals surface area contributed by atoms with Gasteiger partial charge in [-0.2, -0.15) is 0 Å². The molecule has 4 heteroatoms. The molecule has 0 aliphatic heterocycles. The summed E-state index contributed by atoms with van der Waals surface area (Å²) in [6.45, 7) is 3.28. The van der Waals surface area contributed by atoms with Crippen LogP contribution in [0.1, 0.15) is 18.9 Å². The van der Waals surface area contributed by atoms with Crippen molar-refractivity contribution in [3.05, 3.63) is 30.1 Å². The molecule has 1 heterocycles. The zero-order chi connectivity index (χ0) is 12.1. The summed E-state index contributed by atoms with van der Waals surface area (Å²) in [6.07, 6.45) is 3.28. The van der Waals surface area contributed by atoms with E-state index in [1.165, 1.54) is 5.56 Å². The number of imidazole rings is 1. The van der Waals surface area contributed by atoms with E-state index in [0.717, 1.165) is 30.5 Å². The monoisotopic (exact) mass is 231 g/mol. The Morgan fingerprint density at radius 3 is 3.12 bits per heavy atom. The van der Waals surface area contributed by atoms with Crippen LogP contribution in [0, 0.1) is 0 Å². The molecule has 2 N–H and O–H groups in total. The molecule has 4 nitrogen and oxygen atoms in total. The SMILES string of the molecule is CC(=O)CCNCCc1ccc2nc[nH]c2c1. The lowest BCUT2D eigenvalue weighted by Crippen LogP contribution is -2.20. The summed E-state index contributed by atoms with van der Waals surface area (Å²) in [5.74, 6) is 0.233. The van der Waals surface area contributed by atoms with Gasteiger partial charge in [0.05, 0.1) is 17.4 Å². The van der Waals surface area contributed by atoms with Gasteiger partial charge in [0.1, 0.15) is 5.78 Å². The minimum atomic E-state index is 0.233. The molecule has 2 aromatic rings. The van der Waals surface area contributed by atoms with Crippen molar-refractivity contribution in [1.82, 2.24) is 15.3 Å². The van der Waals surface area contributed by atoms with Gasteiger partial charge in [-0.05, 0) is 37.6 Å². The van der Waals surface area contributed by atoms with Gasteiger partial charge in [-0.1, -0.05) is 6.07 Å². The van der Waals surface area contributed by atoms with Crippen molar-refractivity contribution in [2.24, 2.45) is 0 Å². The van der Waals surface area contributed by atoms with Crippen molar-refractivity contribution in [3.63, 3.8) is 0 Å². The van der Waals surface area contributed by atoms with Crippen molar-refractivity contribution in [2.75, 3.05) is 13.1 Å². The van der Waals surface area contributed by atoms with Gasteiger partial charge in [-0.3, -0.25) is 4.79 Å². The maximum atomic E-state index is 10.7. The van der Waals surface area contributed by atoms with E-state index in [4.69, 9.17) is 0 Å². The molecule has 1 aromatic carbocycles. The van der Waals surface area contributed by atoms with Crippen LogP contribution in [0.4, 0.5) is 0 Å². The maximum absolute atomic E-state index is 10.7. The summed E-state index contributed by atoms with van der Waals surface area (Å²) < 4.78 is 0. The Morgan fingerprint density at radius 2 is 2.29 bits per heavy atom. The van der Waals surface area contributed by atoms with E-state index in [-0.39, 0.29) is 5.78 Å². The molecule has 0 bridgehead atoms. The Labute approximate surface area is 100 Å². The van der Waals surface area contributed by atoms with Gasteiger partial charge in [0, 0.05) is 13.0 Å². The zero-order valence-corrected chi connectivity index (χ0v) is 9.99. The normalized spacial score (nSPS) is 10.9. The topological polar surface area (TPSA) is 57.8 Å². The predicted octanol–water partition coefficient (Wildman–Crippen LogP) is 1.67. The van der Waals surface area contributed by atoms with Crippen molar-refractivity contribution >= 4 is 16.8 Å². The van der Waals surface area contributed by atoms with Crippen LogP contribution in [0.15, 0.2) is 24.5 Å². The number of nitrogens with one attached hydrogen (secondary N) is 2. The van der Waals surface area contributed by atoms with E-state index in [1.54, 1.807) is 13.3 Å². The van der Waals surface area contributed by atoms with Gasteiger partial charge >= 0.3 is 0 Å². The molecule has 0 aliphatic carbocycles. The molecule has 0 atom stereocenters. The molecule has 0 fully saturated rings. The second-order valence-corrected chi connectivity index (χ2v) is 4.21. The Hall–Kier alpha value is -1.68. The number of Topliss-reactive ketones (excluding diaryl/α,β-unsaturated/α-hetero) is 1. The summed E-state index contributed by atoms with van der Waals surface area (Å²) in [6, 6.07) is 6.24. The minimum absolute atomic E-state index is 0.233. The number of hydrogen-bond donors (Lipinski definition) is 2. The first-order valence-electron chi connectivity index (χ1n) is 5.88. The number of benzene rings is 1. The number of aromatic amines is 1. The Balaban J connectivity index is 1.80. The number of carbonyl (C=O) groups excluding carboxylic acids is 1. The lowest BCUT2D eigenvalue weighted by Gasteiger charge is -2.03. The fourth-order valence-electron chi connectivity index (χ4n) is 1.76. The van der Waals surface area contributed by atoms with E-state index < -0.39 is 0 Å². The summed E-state index contributed by atoms with van der Waals surface area (Å²) in [5, 5.41) is 3.26. The zero-order valence-electron chi connectivity index (χ0n) is 9.99. The summed E-state index contributed by atoms with van der Waals surface area (Å²) >= 11 is 0. The first-order valence-corrected chi connectivity index (χ1v) is 5.88. The lowest BCUT2D eigenvalue weighted by atomic mass is 10.1. The van der Waals surface area contributed by atoms with E-state index >= 15 is 0 Å². The van der Waals surface area contributed by atoms with Gasteiger partial charge in [-0.25, -0.2) is 4.98 Å². The van der Waals surface area contributed by atoms with E-state index in [2.05, 4.69) is 27.4 Å². The molecular formula is C13H17N3O. The van der Waals surface area contributed by atoms with Crippen LogP contribution in [-0.2, 0) is 11.2 Å². The van der Waals surface area contributed by atoms with Gasteiger partial charge in [0.2, 0.25) is 0 Å². The van der Waals surface area contributed by atoms with Crippen LogP contribution < -0.4 is 5.32 Å². The average molecular weight is 231 g/mol. The Morgan fingerprint density at radius 1 is 1.41 bits per heavy atom. The van der Waals surface area contributed by atoms with Gasteiger partial charge < -0.3 is 10.3 Å². The molecule has 0 saturated carbocycles. The van der Waals surface area contributed by atoms with Gasteiger partial charge in [0.15, 0.2) is 0 Å². The lowest BCUT2D eigenvalue weighted by molar-refractivity contribution is -0.116. The Kier molecular flexibility index (Phi) is 3.88. The van der Waals surface area contributed by atoms with Crippen LogP contribution >= 0.6 is 0 Å². The molecule has 0 aliphatic rings. The minimum Gasteiger partial charge on any atom is -0.345 e. The molecule has 90 valence electrons. The molecule has 0 radical (unpaired) electrons. The molecule has 17 heavy (non-hydrogen) atoms. The molecule has 0 amide bonds. The van der Waals surface area contributed by atoms with Crippen LogP contribution in [0.25, 0.3) is 11.0 Å². The highest BCUT2D eigenvalue weighted by atomic mass is 16.1. The van der Waals surface area contributed by atoms with Crippen LogP contribution in [0.5, 0.6) is 0 Å². The second-order valence-electron chi connectivity index (χ2n) is 4.21. The van der Waals surface area contributed by atoms with Gasteiger partial charge in [0.25, 0.3) is 0 Å². The molecule has 0 spiro atoms. The highest BCUT2D eigenvalue weighted by Gasteiger charge is 1.98. The van der Waals surface area contributed by atoms with Crippen LogP contribution in [0.3, 0.4) is 0 Å². The van der Waals surface area contributed by atoms with E-state index in [0.29, 0.717) is 6.42 Å². The number of aromatic nitrogens is 2. The van der Waals surface area contributed by atoms with Crippen LogP contribution in [0.2, 0.25) is 0 Å². The second kappa shape index (κ2) is 5.59. The molecule has 0 unspecified atom stereocenters. The van der Waals surface area contributed by atoms with E-state index in [9.17, 15) is 4.79 Å². The molecule has 0 saturated heterocycles. The fraction of sp³-hybridized carbons (Fsp3) is 0.385. The smallest absolute Gasteiger partial charge is 0.131 e. The summed E-state index contributed by atoms with van der Waals surface area (Å²) in [5.41, 5.74) is 3.35. The van der Waals surface area contributed by atoms with Crippen molar-refractivity contribution in [3.8, 4) is 0 Å². The molecule has 1 aromatic heterocycles.